The molecule has 0 radical (unpaired) electrons. The number of hydrogen-bond donors (Lipinski definition) is 2. The van der Waals surface area contributed by atoms with Crippen LogP contribution in [0.4, 0.5) is 0 Å². The summed E-state index contributed by atoms with van der Waals surface area (Å²) >= 11 is 0. The van der Waals surface area contributed by atoms with Gasteiger partial charge in [-0.1, -0.05) is 13.0 Å². The summed E-state index contributed by atoms with van der Waals surface area (Å²) < 4.78 is 5.70. The van der Waals surface area contributed by atoms with E-state index in [1.54, 1.807) is 6.07 Å². The molecule has 4 aliphatic rings. The first kappa shape index (κ1) is 15.3. The zero-order chi connectivity index (χ0) is 17.5. The number of rotatable bonds is 0. The Hall–Kier alpha value is -1.98. The first-order chi connectivity index (χ1) is 11.9. The first-order valence-corrected chi connectivity index (χ1v) is 8.91. The first-order valence-electron chi connectivity index (χ1n) is 8.91. The van der Waals surface area contributed by atoms with Gasteiger partial charge in [-0.3, -0.25) is 9.59 Å². The van der Waals surface area contributed by atoms with Crippen molar-refractivity contribution in [2.75, 3.05) is 6.61 Å². The van der Waals surface area contributed by atoms with Crippen molar-refractivity contribution < 1.29 is 24.5 Å². The Morgan fingerprint density at radius 2 is 1.96 bits per heavy atom. The number of Topliss-reactive ketones (excluding diaryl/α,β-unsaturated/α-hetero) is 2. The molecule has 0 bridgehead atoms. The molecule has 1 aromatic carbocycles. The summed E-state index contributed by atoms with van der Waals surface area (Å²) in [5, 5.41) is 20.7. The number of ketones is 2. The van der Waals surface area contributed by atoms with Crippen molar-refractivity contribution in [1.29, 1.82) is 0 Å². The Kier molecular flexibility index (Phi) is 2.94. The molecule has 4 atom stereocenters. The third kappa shape index (κ3) is 1.80. The predicted molar refractivity (Wildman–Crippen MR) is 88.4 cm³/mol. The van der Waals surface area contributed by atoms with E-state index >= 15 is 0 Å². The Morgan fingerprint density at radius 1 is 1.16 bits per heavy atom. The third-order valence-electron chi connectivity index (χ3n) is 6.56. The average Bonchev–Trinajstić information content (AvgIpc) is 3.06. The largest absolute Gasteiger partial charge is 0.489 e. The van der Waals surface area contributed by atoms with Crippen LogP contribution in [0.3, 0.4) is 0 Å². The van der Waals surface area contributed by atoms with Gasteiger partial charge in [-0.25, -0.2) is 0 Å². The highest BCUT2D eigenvalue weighted by Crippen LogP contribution is 2.55. The maximum absolute atomic E-state index is 13.0. The van der Waals surface area contributed by atoms with E-state index in [1.807, 2.05) is 6.07 Å². The minimum absolute atomic E-state index is 0.0230. The smallest absolute Gasteiger partial charge is 0.227 e. The summed E-state index contributed by atoms with van der Waals surface area (Å²) in [7, 11) is 0. The standard InChI is InChI=1S/C20H20O5/c1-20-5-4-16(23)12-8-25-19(17(12)20)18(24)11-6-9-10(7-13(11)20)15(22)3-2-14(9)21/h6-7,12,15-16,22-23H,2-5,8H2,1H3/t12-,15+,16+,20-/m0/s1. The van der Waals surface area contributed by atoms with Crippen LogP contribution >= 0.6 is 0 Å². The molecule has 3 aliphatic carbocycles. The van der Waals surface area contributed by atoms with Crippen LogP contribution in [0.1, 0.15) is 70.6 Å². The Balaban J connectivity index is 1.78. The van der Waals surface area contributed by atoms with Gasteiger partial charge in [0.15, 0.2) is 11.5 Å². The second-order valence-electron chi connectivity index (χ2n) is 7.89. The fourth-order valence-electron chi connectivity index (χ4n) is 5.16. The molecular formula is C20H20O5. The van der Waals surface area contributed by atoms with E-state index in [0.717, 1.165) is 17.6 Å². The number of carbonyl (C=O) groups is 2. The minimum atomic E-state index is -0.670. The summed E-state index contributed by atoms with van der Waals surface area (Å²) in [4.78, 5) is 25.3. The van der Waals surface area contributed by atoms with E-state index in [1.165, 1.54) is 0 Å². The quantitative estimate of drug-likeness (QED) is 0.756. The Morgan fingerprint density at radius 3 is 2.76 bits per heavy atom. The van der Waals surface area contributed by atoms with Gasteiger partial charge in [0.1, 0.15) is 0 Å². The molecule has 130 valence electrons. The van der Waals surface area contributed by atoms with Gasteiger partial charge in [0, 0.05) is 28.9 Å². The number of aliphatic hydroxyl groups excluding tert-OH is 2. The summed E-state index contributed by atoms with van der Waals surface area (Å²) in [6.07, 6.45) is 0.936. The van der Waals surface area contributed by atoms with Crippen molar-refractivity contribution >= 4 is 11.6 Å². The molecule has 0 aromatic heterocycles. The van der Waals surface area contributed by atoms with E-state index in [0.29, 0.717) is 48.3 Å². The molecule has 1 aromatic rings. The lowest BCUT2D eigenvalue weighted by Crippen LogP contribution is -2.43. The predicted octanol–water partition coefficient (Wildman–Crippen LogP) is 2.21. The number of allylic oxidation sites excluding steroid dienone is 1. The van der Waals surface area contributed by atoms with Crippen LogP contribution < -0.4 is 0 Å². The van der Waals surface area contributed by atoms with Gasteiger partial charge in [0.25, 0.3) is 0 Å². The van der Waals surface area contributed by atoms with Gasteiger partial charge < -0.3 is 14.9 Å². The van der Waals surface area contributed by atoms with Crippen LogP contribution in [0.25, 0.3) is 0 Å². The fraction of sp³-hybridized carbons (Fsp3) is 0.500. The molecule has 0 amide bonds. The second-order valence-corrected chi connectivity index (χ2v) is 7.89. The van der Waals surface area contributed by atoms with Crippen molar-refractivity contribution in [3.8, 4) is 0 Å². The molecule has 1 aliphatic heterocycles. The second kappa shape index (κ2) is 4.80. The molecule has 1 heterocycles. The summed E-state index contributed by atoms with van der Waals surface area (Å²) in [5.74, 6) is -0.00389. The van der Waals surface area contributed by atoms with Crippen LogP contribution in [0.5, 0.6) is 0 Å². The van der Waals surface area contributed by atoms with Crippen LogP contribution in [0.15, 0.2) is 23.5 Å². The zero-order valence-corrected chi connectivity index (χ0v) is 14.0. The van der Waals surface area contributed by atoms with E-state index in [2.05, 4.69) is 6.92 Å². The maximum atomic E-state index is 13.0. The average molecular weight is 340 g/mol. The van der Waals surface area contributed by atoms with Gasteiger partial charge >= 0.3 is 0 Å². The number of hydrogen-bond acceptors (Lipinski definition) is 5. The van der Waals surface area contributed by atoms with Crippen molar-refractivity contribution in [3.05, 3.63) is 45.7 Å². The topological polar surface area (TPSA) is 83.8 Å². The SMILES string of the molecule is C[C@@]12CC[C@@H](O)[C@@H]3COC(=C31)C(=O)c1cc3c(cc12)[C@H](O)CCC3=O. The Bertz CT molecular complexity index is 867. The van der Waals surface area contributed by atoms with Crippen LogP contribution in [-0.2, 0) is 10.2 Å². The highest BCUT2D eigenvalue weighted by Gasteiger charge is 2.53. The normalized spacial score (nSPS) is 35.9. The van der Waals surface area contributed by atoms with Crippen LogP contribution in [0, 0.1) is 5.92 Å². The highest BCUT2D eigenvalue weighted by molar-refractivity contribution is 6.13. The highest BCUT2D eigenvalue weighted by atomic mass is 16.5. The number of fused-ring (bicyclic) bond motifs is 3. The third-order valence-corrected chi connectivity index (χ3v) is 6.56. The molecule has 0 saturated heterocycles. The van der Waals surface area contributed by atoms with Crippen molar-refractivity contribution in [3.63, 3.8) is 0 Å². The molecule has 5 heteroatoms. The van der Waals surface area contributed by atoms with E-state index < -0.39 is 17.6 Å². The lowest BCUT2D eigenvalue weighted by molar-refractivity contribution is 0.0630. The van der Waals surface area contributed by atoms with Gasteiger partial charge in [0.05, 0.1) is 18.8 Å². The number of carbonyl (C=O) groups excluding carboxylic acids is 2. The molecule has 5 nitrogen and oxygen atoms in total. The van der Waals surface area contributed by atoms with Crippen molar-refractivity contribution in [2.24, 2.45) is 5.92 Å². The van der Waals surface area contributed by atoms with Crippen LogP contribution in [-0.4, -0.2) is 34.5 Å². The molecule has 1 fully saturated rings. The van der Waals surface area contributed by atoms with Gasteiger partial charge in [-0.2, -0.15) is 0 Å². The Labute approximate surface area is 145 Å². The minimum Gasteiger partial charge on any atom is -0.489 e. The molecule has 1 saturated carbocycles. The van der Waals surface area contributed by atoms with Crippen molar-refractivity contribution in [2.45, 2.75) is 50.2 Å². The molecule has 0 spiro atoms. The lowest BCUT2D eigenvalue weighted by atomic mass is 9.58. The summed E-state index contributed by atoms with van der Waals surface area (Å²) in [6.45, 7) is 2.42. The van der Waals surface area contributed by atoms with E-state index in [-0.39, 0.29) is 17.5 Å². The number of ether oxygens (including phenoxy) is 1. The molecular weight excluding hydrogens is 320 g/mol. The van der Waals surface area contributed by atoms with E-state index in [9.17, 15) is 19.8 Å². The molecule has 5 rings (SSSR count). The lowest BCUT2D eigenvalue weighted by Gasteiger charge is -2.44. The van der Waals surface area contributed by atoms with Gasteiger partial charge in [-0.15, -0.1) is 0 Å². The number of aliphatic hydroxyl groups is 2. The number of benzene rings is 1. The fourth-order valence-corrected chi connectivity index (χ4v) is 5.16. The summed E-state index contributed by atoms with van der Waals surface area (Å²) in [6, 6.07) is 3.52. The van der Waals surface area contributed by atoms with Crippen molar-refractivity contribution in [1.82, 2.24) is 0 Å². The van der Waals surface area contributed by atoms with Crippen LogP contribution in [0.2, 0.25) is 0 Å². The van der Waals surface area contributed by atoms with Gasteiger partial charge in [-0.05, 0) is 42.0 Å². The molecule has 2 N–H and O–H groups in total. The maximum Gasteiger partial charge on any atom is 0.227 e. The molecule has 0 unspecified atom stereocenters. The summed E-state index contributed by atoms with van der Waals surface area (Å²) in [5.41, 5.74) is 2.98. The van der Waals surface area contributed by atoms with Gasteiger partial charge in [0.2, 0.25) is 5.78 Å². The molecule has 25 heavy (non-hydrogen) atoms. The monoisotopic (exact) mass is 340 g/mol. The zero-order valence-electron chi connectivity index (χ0n) is 14.0. The van der Waals surface area contributed by atoms with E-state index in [4.69, 9.17) is 4.74 Å².